The molecule has 4 nitrogen and oxygen atoms in total. The van der Waals surface area contributed by atoms with E-state index in [-0.39, 0.29) is 44.2 Å². The molecular formula is C12H22ClF3N2O2. The van der Waals surface area contributed by atoms with E-state index in [9.17, 15) is 23.1 Å². The van der Waals surface area contributed by atoms with Crippen molar-refractivity contribution in [3.05, 3.63) is 0 Å². The molecule has 1 aliphatic rings. The summed E-state index contributed by atoms with van der Waals surface area (Å²) in [6, 6.07) is -0.575. The van der Waals surface area contributed by atoms with E-state index in [0.29, 0.717) is 6.42 Å². The first-order chi connectivity index (χ1) is 8.77. The lowest BCUT2D eigenvalue weighted by Crippen LogP contribution is -2.49. The average Bonchev–Trinajstić information content (AvgIpc) is 2.36. The van der Waals surface area contributed by atoms with Crippen LogP contribution in [-0.2, 0) is 4.79 Å². The number of nitrogens with zero attached hydrogens (tertiary/aromatic N) is 1. The molecule has 20 heavy (non-hydrogen) atoms. The van der Waals surface area contributed by atoms with Gasteiger partial charge in [-0.15, -0.1) is 12.4 Å². The third-order valence-corrected chi connectivity index (χ3v) is 3.55. The van der Waals surface area contributed by atoms with Crippen LogP contribution < -0.4 is 5.73 Å². The Morgan fingerprint density at radius 2 is 1.90 bits per heavy atom. The van der Waals surface area contributed by atoms with Crippen LogP contribution in [-0.4, -0.2) is 47.3 Å². The number of carbonyl (C=O) groups excluding carboxylic acids is 1. The summed E-state index contributed by atoms with van der Waals surface area (Å²) in [6.07, 6.45) is -5.21. The molecule has 3 N–H and O–H groups in total. The summed E-state index contributed by atoms with van der Waals surface area (Å²) < 4.78 is 37.1. The number of likely N-dealkylation sites (tertiary alicyclic amines) is 1. The van der Waals surface area contributed by atoms with Gasteiger partial charge in [0.1, 0.15) is 0 Å². The Labute approximate surface area is 122 Å². The van der Waals surface area contributed by atoms with Gasteiger partial charge in [-0.2, -0.15) is 13.2 Å². The molecule has 1 heterocycles. The highest BCUT2D eigenvalue weighted by molar-refractivity contribution is 5.85. The zero-order valence-electron chi connectivity index (χ0n) is 11.4. The molecule has 0 bridgehead atoms. The number of nitrogens with two attached hydrogens (primary N) is 1. The van der Waals surface area contributed by atoms with Crippen molar-refractivity contribution in [2.24, 2.45) is 11.7 Å². The van der Waals surface area contributed by atoms with Crippen LogP contribution in [0.5, 0.6) is 0 Å². The molecule has 2 atom stereocenters. The van der Waals surface area contributed by atoms with Crippen molar-refractivity contribution in [3.8, 4) is 0 Å². The molecule has 0 aromatic carbocycles. The zero-order valence-corrected chi connectivity index (χ0v) is 12.2. The van der Waals surface area contributed by atoms with Gasteiger partial charge in [-0.3, -0.25) is 4.79 Å². The summed E-state index contributed by atoms with van der Waals surface area (Å²) in [5.41, 5.74) is 5.70. The minimum Gasteiger partial charge on any atom is -0.383 e. The highest BCUT2D eigenvalue weighted by Crippen LogP contribution is 2.31. The lowest BCUT2D eigenvalue weighted by molar-refractivity contribution is -0.223. The van der Waals surface area contributed by atoms with E-state index >= 15 is 0 Å². The van der Waals surface area contributed by atoms with Gasteiger partial charge in [-0.25, -0.2) is 0 Å². The van der Waals surface area contributed by atoms with Crippen molar-refractivity contribution >= 4 is 18.3 Å². The second-order valence-corrected chi connectivity index (χ2v) is 5.04. The molecule has 1 saturated heterocycles. The number of halogens is 4. The Hall–Kier alpha value is -0.530. The van der Waals surface area contributed by atoms with Gasteiger partial charge >= 0.3 is 6.18 Å². The maximum Gasteiger partial charge on any atom is 0.414 e. The van der Waals surface area contributed by atoms with E-state index in [1.165, 1.54) is 4.90 Å². The first kappa shape index (κ1) is 19.5. The smallest absolute Gasteiger partial charge is 0.383 e. The maximum atomic E-state index is 12.4. The summed E-state index contributed by atoms with van der Waals surface area (Å²) in [6.45, 7) is 2.38. The van der Waals surface area contributed by atoms with Gasteiger partial charge in [0.25, 0.3) is 0 Å². The van der Waals surface area contributed by atoms with Crippen LogP contribution in [0.3, 0.4) is 0 Å². The quantitative estimate of drug-likeness (QED) is 0.829. The van der Waals surface area contributed by atoms with Gasteiger partial charge in [-0.1, -0.05) is 13.3 Å². The number of aliphatic hydroxyl groups is 1. The second-order valence-electron chi connectivity index (χ2n) is 5.04. The van der Waals surface area contributed by atoms with E-state index in [0.717, 1.165) is 6.42 Å². The van der Waals surface area contributed by atoms with Crippen molar-refractivity contribution in [1.29, 1.82) is 0 Å². The fourth-order valence-corrected chi connectivity index (χ4v) is 2.37. The lowest BCUT2D eigenvalue weighted by atomic mass is 9.90. The molecular weight excluding hydrogens is 297 g/mol. The number of piperidine rings is 1. The summed E-state index contributed by atoms with van der Waals surface area (Å²) in [4.78, 5) is 13.4. The Kier molecular flexibility index (Phi) is 7.83. The van der Waals surface area contributed by atoms with Gasteiger partial charge < -0.3 is 15.7 Å². The number of amides is 1. The van der Waals surface area contributed by atoms with Crippen molar-refractivity contribution in [3.63, 3.8) is 0 Å². The van der Waals surface area contributed by atoms with Gasteiger partial charge in [0.2, 0.25) is 5.91 Å². The largest absolute Gasteiger partial charge is 0.414 e. The van der Waals surface area contributed by atoms with Crippen molar-refractivity contribution in [1.82, 2.24) is 4.90 Å². The summed E-state index contributed by atoms with van der Waals surface area (Å²) >= 11 is 0. The van der Waals surface area contributed by atoms with E-state index < -0.39 is 24.2 Å². The van der Waals surface area contributed by atoms with E-state index in [1.807, 2.05) is 6.92 Å². The lowest BCUT2D eigenvalue weighted by Gasteiger charge is -2.35. The SMILES string of the molecule is CCCC(N)C(=O)N1CCC(C(O)C(F)(F)F)CC1.Cl. The van der Waals surface area contributed by atoms with Crippen LogP contribution in [0.1, 0.15) is 32.6 Å². The number of aliphatic hydroxyl groups excluding tert-OH is 1. The van der Waals surface area contributed by atoms with E-state index in [2.05, 4.69) is 0 Å². The fraction of sp³-hybridized carbons (Fsp3) is 0.917. The minimum absolute atomic E-state index is 0. The predicted octanol–water partition coefficient (Wildman–Crippen LogP) is 1.70. The molecule has 0 spiro atoms. The summed E-state index contributed by atoms with van der Waals surface area (Å²) in [5.74, 6) is -1.03. The van der Waals surface area contributed by atoms with E-state index in [1.54, 1.807) is 0 Å². The molecule has 0 saturated carbocycles. The van der Waals surface area contributed by atoms with Crippen LogP contribution >= 0.6 is 12.4 Å². The summed E-state index contributed by atoms with van der Waals surface area (Å²) in [7, 11) is 0. The van der Waals surface area contributed by atoms with Crippen LogP contribution in [0.4, 0.5) is 13.2 Å². The first-order valence-corrected chi connectivity index (χ1v) is 6.56. The number of hydrogen-bond acceptors (Lipinski definition) is 3. The normalized spacial score (nSPS) is 20.2. The molecule has 0 aromatic heterocycles. The number of hydrogen-bond donors (Lipinski definition) is 2. The van der Waals surface area contributed by atoms with Crippen molar-refractivity contribution < 1.29 is 23.1 Å². The Bertz CT molecular complexity index is 308. The molecule has 1 fully saturated rings. The van der Waals surface area contributed by atoms with Crippen LogP contribution in [0.15, 0.2) is 0 Å². The molecule has 1 amide bonds. The summed E-state index contributed by atoms with van der Waals surface area (Å²) in [5, 5.41) is 9.18. The van der Waals surface area contributed by atoms with Crippen LogP contribution in [0.25, 0.3) is 0 Å². The monoisotopic (exact) mass is 318 g/mol. The predicted molar refractivity (Wildman–Crippen MR) is 71.5 cm³/mol. The van der Waals surface area contributed by atoms with E-state index in [4.69, 9.17) is 5.73 Å². The van der Waals surface area contributed by atoms with Crippen molar-refractivity contribution in [2.45, 2.75) is 50.9 Å². The van der Waals surface area contributed by atoms with Crippen LogP contribution in [0, 0.1) is 5.92 Å². The highest BCUT2D eigenvalue weighted by atomic mass is 35.5. The molecule has 120 valence electrons. The van der Waals surface area contributed by atoms with Crippen molar-refractivity contribution in [2.75, 3.05) is 13.1 Å². The number of carbonyl (C=O) groups is 1. The average molecular weight is 319 g/mol. The highest BCUT2D eigenvalue weighted by Gasteiger charge is 2.44. The number of rotatable bonds is 4. The molecule has 0 radical (unpaired) electrons. The Morgan fingerprint density at radius 1 is 1.40 bits per heavy atom. The molecule has 8 heteroatoms. The minimum atomic E-state index is -4.59. The van der Waals surface area contributed by atoms with Gasteiger partial charge in [0.15, 0.2) is 6.10 Å². The van der Waals surface area contributed by atoms with Gasteiger partial charge in [-0.05, 0) is 25.2 Å². The number of alkyl halides is 3. The molecule has 1 aliphatic heterocycles. The Balaban J connectivity index is 0.00000361. The van der Waals surface area contributed by atoms with Gasteiger partial charge in [0.05, 0.1) is 6.04 Å². The third-order valence-electron chi connectivity index (χ3n) is 3.55. The topological polar surface area (TPSA) is 66.6 Å². The van der Waals surface area contributed by atoms with Gasteiger partial charge in [0, 0.05) is 13.1 Å². The Morgan fingerprint density at radius 3 is 2.30 bits per heavy atom. The zero-order chi connectivity index (χ0) is 14.6. The molecule has 1 rings (SSSR count). The first-order valence-electron chi connectivity index (χ1n) is 6.56. The fourth-order valence-electron chi connectivity index (χ4n) is 2.37. The molecule has 0 aromatic rings. The maximum absolute atomic E-state index is 12.4. The molecule has 0 aliphatic carbocycles. The third kappa shape index (κ3) is 5.10. The second kappa shape index (κ2) is 8.05. The standard InChI is InChI=1S/C12H21F3N2O2.ClH/c1-2-3-9(16)11(19)17-6-4-8(5-7-17)10(18)12(13,14)15;/h8-10,18H,2-7,16H2,1H3;1H. The van der Waals surface area contributed by atoms with Crippen LogP contribution in [0.2, 0.25) is 0 Å². The molecule has 2 unspecified atom stereocenters.